The quantitative estimate of drug-likeness (QED) is 0.738. The van der Waals surface area contributed by atoms with Gasteiger partial charge >= 0.3 is 0 Å². The third kappa shape index (κ3) is 4.11. The van der Waals surface area contributed by atoms with E-state index < -0.39 is 0 Å². The standard InChI is InChI=1S/C22H26N2O4/c1-4-21(25)24-12-11-16-15-17(9-10-18(16)24)22(26)23(2)13-14-28-20-8-6-5-7-19(20)27-3/h5-10,15H,4,11-14H2,1-3H3. The number of hydrogen-bond donors (Lipinski definition) is 0. The van der Waals surface area contributed by atoms with Crippen LogP contribution in [0.25, 0.3) is 0 Å². The van der Waals surface area contributed by atoms with Gasteiger partial charge in [-0.2, -0.15) is 0 Å². The highest BCUT2D eigenvalue weighted by Gasteiger charge is 2.25. The van der Waals surface area contributed by atoms with Crippen LogP contribution >= 0.6 is 0 Å². The lowest BCUT2D eigenvalue weighted by molar-refractivity contribution is -0.118. The molecule has 0 saturated heterocycles. The van der Waals surface area contributed by atoms with E-state index in [0.29, 0.717) is 43.2 Å². The van der Waals surface area contributed by atoms with Gasteiger partial charge in [0, 0.05) is 31.3 Å². The number of para-hydroxylation sites is 2. The fourth-order valence-electron chi connectivity index (χ4n) is 3.34. The van der Waals surface area contributed by atoms with E-state index in [1.807, 2.05) is 43.3 Å². The lowest BCUT2D eigenvalue weighted by Crippen LogP contribution is -2.31. The van der Waals surface area contributed by atoms with E-state index in [4.69, 9.17) is 9.47 Å². The zero-order chi connectivity index (χ0) is 20.1. The molecule has 0 fully saturated rings. The molecule has 0 spiro atoms. The molecule has 0 aliphatic carbocycles. The smallest absolute Gasteiger partial charge is 0.253 e. The average molecular weight is 382 g/mol. The zero-order valence-corrected chi connectivity index (χ0v) is 16.6. The Morgan fingerprint density at radius 3 is 2.61 bits per heavy atom. The van der Waals surface area contributed by atoms with Crippen molar-refractivity contribution in [3.63, 3.8) is 0 Å². The molecule has 1 aliphatic heterocycles. The molecule has 0 N–H and O–H groups in total. The summed E-state index contributed by atoms with van der Waals surface area (Å²) in [5.74, 6) is 1.38. The van der Waals surface area contributed by atoms with Gasteiger partial charge in [-0.3, -0.25) is 9.59 Å². The molecule has 2 aromatic rings. The van der Waals surface area contributed by atoms with Crippen LogP contribution in [-0.2, 0) is 11.2 Å². The van der Waals surface area contributed by atoms with Gasteiger partial charge in [0.15, 0.2) is 11.5 Å². The van der Waals surface area contributed by atoms with Crippen LogP contribution in [0.1, 0.15) is 29.3 Å². The van der Waals surface area contributed by atoms with Gasteiger partial charge in [-0.05, 0) is 42.3 Å². The van der Waals surface area contributed by atoms with Crippen LogP contribution in [0.3, 0.4) is 0 Å². The summed E-state index contributed by atoms with van der Waals surface area (Å²) in [6.07, 6.45) is 1.26. The molecule has 6 nitrogen and oxygen atoms in total. The Morgan fingerprint density at radius 1 is 1.14 bits per heavy atom. The van der Waals surface area contributed by atoms with Gasteiger partial charge < -0.3 is 19.3 Å². The second-order valence-corrected chi connectivity index (χ2v) is 6.72. The number of ether oxygens (including phenoxy) is 2. The Labute approximate surface area is 165 Å². The fraction of sp³-hybridized carbons (Fsp3) is 0.364. The van der Waals surface area contributed by atoms with Crippen LogP contribution in [0.15, 0.2) is 42.5 Å². The first kappa shape index (κ1) is 19.7. The summed E-state index contributed by atoms with van der Waals surface area (Å²) in [6, 6.07) is 13.0. The van der Waals surface area contributed by atoms with Gasteiger partial charge in [0.1, 0.15) is 6.61 Å². The second-order valence-electron chi connectivity index (χ2n) is 6.72. The summed E-state index contributed by atoms with van der Waals surface area (Å²) in [6.45, 7) is 3.36. The summed E-state index contributed by atoms with van der Waals surface area (Å²) in [7, 11) is 3.36. The second kappa shape index (κ2) is 8.78. The largest absolute Gasteiger partial charge is 0.493 e. The van der Waals surface area contributed by atoms with E-state index in [1.54, 1.807) is 30.0 Å². The minimum atomic E-state index is -0.0632. The van der Waals surface area contributed by atoms with Crippen molar-refractivity contribution in [1.29, 1.82) is 0 Å². The summed E-state index contributed by atoms with van der Waals surface area (Å²) in [5, 5.41) is 0. The van der Waals surface area contributed by atoms with Crippen molar-refractivity contribution in [2.45, 2.75) is 19.8 Å². The number of amides is 2. The molecular weight excluding hydrogens is 356 g/mol. The van der Waals surface area contributed by atoms with Crippen molar-refractivity contribution in [3.8, 4) is 11.5 Å². The number of nitrogens with zero attached hydrogens (tertiary/aromatic N) is 2. The van der Waals surface area contributed by atoms with Gasteiger partial charge in [-0.1, -0.05) is 19.1 Å². The lowest BCUT2D eigenvalue weighted by atomic mass is 10.1. The van der Waals surface area contributed by atoms with E-state index >= 15 is 0 Å². The Balaban J connectivity index is 1.60. The average Bonchev–Trinajstić information content (AvgIpc) is 3.16. The molecule has 2 aromatic carbocycles. The number of anilines is 1. The summed E-state index contributed by atoms with van der Waals surface area (Å²) < 4.78 is 11.0. The van der Waals surface area contributed by atoms with Crippen molar-refractivity contribution in [2.24, 2.45) is 0 Å². The molecule has 1 aliphatic rings. The molecule has 1 heterocycles. The van der Waals surface area contributed by atoms with Gasteiger partial charge in [0.25, 0.3) is 5.91 Å². The normalized spacial score (nSPS) is 12.5. The van der Waals surface area contributed by atoms with E-state index in [2.05, 4.69) is 0 Å². The fourth-order valence-corrected chi connectivity index (χ4v) is 3.34. The predicted molar refractivity (Wildman–Crippen MR) is 108 cm³/mol. The van der Waals surface area contributed by atoms with Crippen molar-refractivity contribution in [2.75, 3.05) is 38.8 Å². The van der Waals surface area contributed by atoms with Crippen molar-refractivity contribution >= 4 is 17.5 Å². The molecule has 2 amide bonds. The maximum atomic E-state index is 12.7. The third-order valence-corrected chi connectivity index (χ3v) is 4.93. The predicted octanol–water partition coefficient (Wildman–Crippen LogP) is 3.15. The van der Waals surface area contributed by atoms with Crippen LogP contribution in [0.2, 0.25) is 0 Å². The maximum absolute atomic E-state index is 12.7. The Hall–Kier alpha value is -3.02. The number of rotatable bonds is 7. The maximum Gasteiger partial charge on any atom is 0.253 e. The Morgan fingerprint density at radius 2 is 1.89 bits per heavy atom. The van der Waals surface area contributed by atoms with Crippen molar-refractivity contribution in [1.82, 2.24) is 4.90 Å². The first-order valence-electron chi connectivity index (χ1n) is 9.49. The lowest BCUT2D eigenvalue weighted by Gasteiger charge is -2.19. The number of carbonyl (C=O) groups excluding carboxylic acids is 2. The molecule has 3 rings (SSSR count). The van der Waals surface area contributed by atoms with Crippen LogP contribution in [0, 0.1) is 0 Å². The number of methoxy groups -OCH3 is 1. The van der Waals surface area contributed by atoms with Crippen LogP contribution < -0.4 is 14.4 Å². The number of likely N-dealkylation sites (N-methyl/N-ethyl adjacent to an activating group) is 1. The van der Waals surface area contributed by atoms with Crippen molar-refractivity contribution < 1.29 is 19.1 Å². The number of hydrogen-bond acceptors (Lipinski definition) is 4. The van der Waals surface area contributed by atoms with Crippen LogP contribution in [-0.4, -0.2) is 50.6 Å². The Bertz CT molecular complexity index is 865. The van der Waals surface area contributed by atoms with Gasteiger partial charge in [0.2, 0.25) is 5.91 Å². The molecule has 28 heavy (non-hydrogen) atoms. The van der Waals surface area contributed by atoms with E-state index in [9.17, 15) is 9.59 Å². The molecular formula is C22H26N2O4. The van der Waals surface area contributed by atoms with Gasteiger partial charge in [0.05, 0.1) is 13.7 Å². The number of fused-ring (bicyclic) bond motifs is 1. The molecule has 0 atom stereocenters. The highest BCUT2D eigenvalue weighted by molar-refractivity contribution is 5.98. The minimum absolute atomic E-state index is 0.0632. The SMILES string of the molecule is CCC(=O)N1CCc2cc(C(=O)N(C)CCOc3ccccc3OC)ccc21. The molecule has 0 aromatic heterocycles. The summed E-state index contributed by atoms with van der Waals surface area (Å²) >= 11 is 0. The summed E-state index contributed by atoms with van der Waals surface area (Å²) in [4.78, 5) is 28.2. The van der Waals surface area contributed by atoms with Gasteiger partial charge in [-0.25, -0.2) is 0 Å². The van der Waals surface area contributed by atoms with E-state index in [-0.39, 0.29) is 11.8 Å². The Kier molecular flexibility index (Phi) is 6.19. The van der Waals surface area contributed by atoms with Crippen LogP contribution in [0.4, 0.5) is 5.69 Å². The molecule has 0 radical (unpaired) electrons. The van der Waals surface area contributed by atoms with Crippen molar-refractivity contribution in [3.05, 3.63) is 53.6 Å². The minimum Gasteiger partial charge on any atom is -0.493 e. The first-order chi connectivity index (χ1) is 13.5. The topological polar surface area (TPSA) is 59.1 Å². The highest BCUT2D eigenvalue weighted by atomic mass is 16.5. The van der Waals surface area contributed by atoms with Crippen LogP contribution in [0.5, 0.6) is 11.5 Å². The number of benzene rings is 2. The first-order valence-corrected chi connectivity index (χ1v) is 9.49. The molecule has 0 bridgehead atoms. The molecule has 148 valence electrons. The molecule has 6 heteroatoms. The van der Waals surface area contributed by atoms with E-state index in [1.165, 1.54) is 0 Å². The monoisotopic (exact) mass is 382 g/mol. The third-order valence-electron chi connectivity index (χ3n) is 4.93. The number of carbonyl (C=O) groups is 2. The van der Waals surface area contributed by atoms with Gasteiger partial charge in [-0.15, -0.1) is 0 Å². The zero-order valence-electron chi connectivity index (χ0n) is 16.6. The van der Waals surface area contributed by atoms with E-state index in [0.717, 1.165) is 17.7 Å². The summed E-state index contributed by atoms with van der Waals surface area (Å²) in [5.41, 5.74) is 2.60. The highest BCUT2D eigenvalue weighted by Crippen LogP contribution is 2.30. The molecule has 0 unspecified atom stereocenters. The molecule has 0 saturated carbocycles.